The van der Waals surface area contributed by atoms with Crippen molar-refractivity contribution < 1.29 is 9.90 Å². The van der Waals surface area contributed by atoms with Crippen LogP contribution in [0.2, 0.25) is 5.02 Å². The molecule has 0 fully saturated rings. The van der Waals surface area contributed by atoms with E-state index in [9.17, 15) is 9.90 Å². The molecule has 1 atom stereocenters. The molecule has 1 aromatic carbocycles. The highest BCUT2D eigenvalue weighted by molar-refractivity contribution is 8.00. The van der Waals surface area contributed by atoms with Gasteiger partial charge in [0, 0.05) is 21.2 Å². The zero-order valence-electron chi connectivity index (χ0n) is 11.4. The fraction of sp³-hybridized carbons (Fsp3) is 0.133. The molecule has 2 aromatic heterocycles. The van der Waals surface area contributed by atoms with E-state index >= 15 is 0 Å². The molecule has 3 rings (SSSR count). The molecule has 112 valence electrons. The number of aromatic nitrogens is 2. The zero-order chi connectivity index (χ0) is 15.7. The van der Waals surface area contributed by atoms with Crippen LogP contribution in [0.5, 0.6) is 0 Å². The number of aliphatic carboxylic acids is 1. The van der Waals surface area contributed by atoms with Crippen LogP contribution in [0.25, 0.3) is 21.3 Å². The molecule has 2 heterocycles. The number of rotatable bonds is 4. The van der Waals surface area contributed by atoms with E-state index in [4.69, 9.17) is 11.6 Å². The molecule has 0 amide bonds. The van der Waals surface area contributed by atoms with Gasteiger partial charge in [-0.25, -0.2) is 9.97 Å². The van der Waals surface area contributed by atoms with E-state index in [2.05, 4.69) is 9.97 Å². The van der Waals surface area contributed by atoms with Crippen LogP contribution >= 0.6 is 34.7 Å². The Labute approximate surface area is 140 Å². The lowest BCUT2D eigenvalue weighted by molar-refractivity contribution is -0.304. The van der Waals surface area contributed by atoms with Crippen LogP contribution in [0, 0.1) is 0 Å². The number of thioether (sulfide) groups is 1. The minimum atomic E-state index is -1.11. The smallest absolute Gasteiger partial charge is 0.128 e. The van der Waals surface area contributed by atoms with E-state index in [0.29, 0.717) is 10.0 Å². The number of halogens is 1. The molecule has 1 unspecified atom stereocenters. The second-order valence-electron chi connectivity index (χ2n) is 4.59. The Bertz CT molecular complexity index is 833. The average molecular weight is 350 g/mol. The number of nitrogens with zero attached hydrogens (tertiary/aromatic N) is 2. The molecule has 0 aliphatic rings. The second-order valence-corrected chi connectivity index (χ2v) is 7.22. The third-order valence-corrected chi connectivity index (χ3v) is 5.33. The third kappa shape index (κ3) is 2.95. The van der Waals surface area contributed by atoms with Gasteiger partial charge in [0.25, 0.3) is 0 Å². The van der Waals surface area contributed by atoms with E-state index in [1.165, 1.54) is 29.4 Å². The fourth-order valence-corrected chi connectivity index (χ4v) is 3.96. The van der Waals surface area contributed by atoms with Crippen LogP contribution in [-0.2, 0) is 4.79 Å². The third-order valence-electron chi connectivity index (χ3n) is 3.11. The number of hydrogen-bond acceptors (Lipinski definition) is 6. The minimum Gasteiger partial charge on any atom is -0.549 e. The van der Waals surface area contributed by atoms with Crippen molar-refractivity contribution in [1.29, 1.82) is 0 Å². The van der Waals surface area contributed by atoms with Gasteiger partial charge in [0.15, 0.2) is 0 Å². The van der Waals surface area contributed by atoms with Crippen LogP contribution in [0.1, 0.15) is 6.92 Å². The predicted octanol–water partition coefficient (Wildman–Crippen LogP) is 3.24. The number of hydrogen-bond donors (Lipinski definition) is 0. The van der Waals surface area contributed by atoms with Crippen molar-refractivity contribution in [2.24, 2.45) is 0 Å². The molecule has 4 nitrogen and oxygen atoms in total. The Morgan fingerprint density at radius 2 is 2.05 bits per heavy atom. The van der Waals surface area contributed by atoms with E-state index in [0.717, 1.165) is 21.3 Å². The molecule has 0 N–H and O–H groups in total. The van der Waals surface area contributed by atoms with Crippen molar-refractivity contribution in [1.82, 2.24) is 9.97 Å². The van der Waals surface area contributed by atoms with Gasteiger partial charge in [0.05, 0.1) is 11.4 Å². The number of carbonyl (C=O) groups is 1. The summed E-state index contributed by atoms with van der Waals surface area (Å²) >= 11 is 8.60. The maximum absolute atomic E-state index is 11.0. The lowest BCUT2D eigenvalue weighted by atomic mass is 10.1. The van der Waals surface area contributed by atoms with E-state index in [1.54, 1.807) is 6.92 Å². The summed E-state index contributed by atoms with van der Waals surface area (Å²) < 4.78 is 0. The lowest BCUT2D eigenvalue weighted by Crippen LogP contribution is -2.31. The van der Waals surface area contributed by atoms with Crippen LogP contribution in [0.3, 0.4) is 0 Å². The number of thiophene rings is 1. The second kappa shape index (κ2) is 6.24. The van der Waals surface area contributed by atoms with Gasteiger partial charge in [-0.3, -0.25) is 0 Å². The fourth-order valence-electron chi connectivity index (χ4n) is 1.99. The maximum atomic E-state index is 11.0. The van der Waals surface area contributed by atoms with Gasteiger partial charge in [-0.2, -0.15) is 0 Å². The molecule has 0 saturated carbocycles. The summed E-state index contributed by atoms with van der Waals surface area (Å²) in [5, 5.41) is 14.5. The standard InChI is InChI=1S/C15H11ClN2O2S2/c1-8(15(19)20)22-14-12-11(6-21-13(12)17-7-18-14)9-2-4-10(16)5-3-9/h2-8H,1H3,(H,19,20)/p-1. The topological polar surface area (TPSA) is 65.9 Å². The van der Waals surface area contributed by atoms with Crippen molar-refractivity contribution in [3.8, 4) is 11.1 Å². The van der Waals surface area contributed by atoms with Crippen molar-refractivity contribution >= 4 is 50.9 Å². The molecule has 0 radical (unpaired) electrons. The summed E-state index contributed by atoms with van der Waals surface area (Å²) in [5.41, 5.74) is 1.97. The van der Waals surface area contributed by atoms with Crippen molar-refractivity contribution in [2.45, 2.75) is 17.2 Å². The van der Waals surface area contributed by atoms with Crippen molar-refractivity contribution in [3.63, 3.8) is 0 Å². The lowest BCUT2D eigenvalue weighted by Gasteiger charge is -2.12. The Kier molecular flexibility index (Phi) is 4.33. The normalized spacial score (nSPS) is 12.5. The van der Waals surface area contributed by atoms with Gasteiger partial charge >= 0.3 is 0 Å². The van der Waals surface area contributed by atoms with Crippen LogP contribution in [0.4, 0.5) is 0 Å². The van der Waals surface area contributed by atoms with Crippen molar-refractivity contribution in [2.75, 3.05) is 0 Å². The average Bonchev–Trinajstić information content (AvgIpc) is 2.93. The first kappa shape index (κ1) is 15.3. The predicted molar refractivity (Wildman–Crippen MR) is 88.2 cm³/mol. The first-order valence-electron chi connectivity index (χ1n) is 6.42. The van der Waals surface area contributed by atoms with E-state index < -0.39 is 11.2 Å². The molecular formula is C15H10ClN2O2S2-. The molecule has 0 spiro atoms. The van der Waals surface area contributed by atoms with E-state index in [-0.39, 0.29) is 0 Å². The maximum Gasteiger partial charge on any atom is 0.128 e. The quantitative estimate of drug-likeness (QED) is 0.534. The van der Waals surface area contributed by atoms with Gasteiger partial charge < -0.3 is 9.90 Å². The van der Waals surface area contributed by atoms with Gasteiger partial charge in [-0.05, 0) is 24.6 Å². The summed E-state index contributed by atoms with van der Waals surface area (Å²) in [4.78, 5) is 20.3. The van der Waals surface area contributed by atoms with Crippen LogP contribution < -0.4 is 5.11 Å². The molecule has 7 heteroatoms. The SMILES string of the molecule is CC(Sc1ncnc2scc(-c3ccc(Cl)cc3)c12)C(=O)[O-]. The summed E-state index contributed by atoms with van der Waals surface area (Å²) in [6.45, 7) is 1.59. The number of carboxylic acids is 1. The Hall–Kier alpha value is -1.63. The highest BCUT2D eigenvalue weighted by Gasteiger charge is 2.16. The van der Waals surface area contributed by atoms with Crippen LogP contribution in [0.15, 0.2) is 41.0 Å². The van der Waals surface area contributed by atoms with Gasteiger partial charge in [-0.15, -0.1) is 11.3 Å². The van der Waals surface area contributed by atoms with Gasteiger partial charge in [-0.1, -0.05) is 35.5 Å². The number of carbonyl (C=O) groups excluding carboxylic acids is 1. The molecule has 22 heavy (non-hydrogen) atoms. The van der Waals surface area contributed by atoms with Crippen molar-refractivity contribution in [3.05, 3.63) is 41.0 Å². The largest absolute Gasteiger partial charge is 0.549 e. The zero-order valence-corrected chi connectivity index (χ0v) is 13.8. The Morgan fingerprint density at radius 1 is 1.32 bits per heavy atom. The monoisotopic (exact) mass is 349 g/mol. The molecule has 0 aliphatic heterocycles. The number of benzene rings is 1. The van der Waals surface area contributed by atoms with Gasteiger partial charge in [0.1, 0.15) is 16.2 Å². The Morgan fingerprint density at radius 3 is 2.73 bits per heavy atom. The summed E-state index contributed by atoms with van der Waals surface area (Å²) in [5.74, 6) is -1.11. The van der Waals surface area contributed by atoms with E-state index in [1.807, 2.05) is 29.6 Å². The number of carboxylic acid groups (broad SMARTS) is 1. The molecule has 3 aromatic rings. The summed E-state index contributed by atoms with van der Waals surface area (Å²) in [7, 11) is 0. The summed E-state index contributed by atoms with van der Waals surface area (Å²) in [6.07, 6.45) is 1.45. The molecule has 0 aliphatic carbocycles. The Balaban J connectivity index is 2.12. The minimum absolute atomic E-state index is 0.646. The molecular weight excluding hydrogens is 340 g/mol. The highest BCUT2D eigenvalue weighted by Crippen LogP contribution is 2.39. The highest BCUT2D eigenvalue weighted by atomic mass is 35.5. The summed E-state index contributed by atoms with van der Waals surface area (Å²) in [6, 6.07) is 7.49. The molecule has 0 saturated heterocycles. The first-order chi connectivity index (χ1) is 10.6. The first-order valence-corrected chi connectivity index (χ1v) is 8.55. The number of fused-ring (bicyclic) bond motifs is 1. The molecule has 0 bridgehead atoms. The van der Waals surface area contributed by atoms with Crippen LogP contribution in [-0.4, -0.2) is 21.2 Å². The van der Waals surface area contributed by atoms with Gasteiger partial charge in [0.2, 0.25) is 0 Å².